The highest BCUT2D eigenvalue weighted by Gasteiger charge is 2.24. The molecular formula is C19H21BrN2O3. The van der Waals surface area contributed by atoms with Crippen LogP contribution in [0.25, 0.3) is 0 Å². The summed E-state index contributed by atoms with van der Waals surface area (Å²) in [5.41, 5.74) is 1.72. The number of rotatable bonds is 5. The first-order valence-electron chi connectivity index (χ1n) is 8.48. The number of halogens is 1. The summed E-state index contributed by atoms with van der Waals surface area (Å²) < 4.78 is 6.00. The van der Waals surface area contributed by atoms with Gasteiger partial charge in [-0.3, -0.25) is 9.59 Å². The highest BCUT2D eigenvalue weighted by Crippen LogP contribution is 2.18. The molecule has 3 rings (SSSR count). The Hall–Kier alpha value is -2.08. The van der Waals surface area contributed by atoms with E-state index < -0.39 is 0 Å². The largest absolute Gasteiger partial charge is 0.472 e. The van der Waals surface area contributed by atoms with Crippen molar-refractivity contribution in [3.8, 4) is 0 Å². The highest BCUT2D eigenvalue weighted by atomic mass is 79.9. The number of nitrogens with zero attached hydrogens (tertiary/aromatic N) is 1. The molecule has 0 spiro atoms. The second-order valence-corrected chi connectivity index (χ2v) is 7.09. The lowest BCUT2D eigenvalue weighted by Gasteiger charge is -2.32. The van der Waals surface area contributed by atoms with Crippen LogP contribution >= 0.6 is 15.9 Å². The third-order valence-corrected chi connectivity index (χ3v) is 5.27. The Kier molecular flexibility index (Phi) is 5.91. The lowest BCUT2D eigenvalue weighted by molar-refractivity contribution is -0.122. The number of benzene rings is 1. The summed E-state index contributed by atoms with van der Waals surface area (Å²) in [4.78, 5) is 26.2. The lowest BCUT2D eigenvalue weighted by Crippen LogP contribution is -2.46. The normalized spacial score (nSPS) is 15.2. The Labute approximate surface area is 155 Å². The van der Waals surface area contributed by atoms with Gasteiger partial charge in [0.2, 0.25) is 5.91 Å². The van der Waals surface area contributed by atoms with E-state index >= 15 is 0 Å². The van der Waals surface area contributed by atoms with Gasteiger partial charge in [0, 0.05) is 30.0 Å². The summed E-state index contributed by atoms with van der Waals surface area (Å²) in [6.45, 7) is 1.30. The number of hydrogen-bond acceptors (Lipinski definition) is 3. The summed E-state index contributed by atoms with van der Waals surface area (Å²) in [6, 6.07) is 9.77. The van der Waals surface area contributed by atoms with E-state index in [-0.39, 0.29) is 17.9 Å². The number of carbonyl (C=O) groups is 2. The van der Waals surface area contributed by atoms with Gasteiger partial charge in [-0.05, 0) is 37.0 Å². The van der Waals surface area contributed by atoms with Crippen LogP contribution in [0, 0.1) is 0 Å². The smallest absolute Gasteiger partial charge is 0.257 e. The average molecular weight is 405 g/mol. The van der Waals surface area contributed by atoms with Crippen molar-refractivity contribution in [1.82, 2.24) is 10.2 Å². The molecule has 5 nitrogen and oxygen atoms in total. The molecule has 132 valence electrons. The van der Waals surface area contributed by atoms with Crippen molar-refractivity contribution < 1.29 is 14.0 Å². The first kappa shape index (κ1) is 17.7. The fraction of sp³-hybridized carbons (Fsp3) is 0.368. The molecular weight excluding hydrogens is 384 g/mol. The molecule has 1 aromatic carbocycles. The number of amides is 2. The van der Waals surface area contributed by atoms with E-state index in [1.54, 1.807) is 6.07 Å². The van der Waals surface area contributed by atoms with Crippen LogP contribution in [0.15, 0.2) is 51.7 Å². The maximum absolute atomic E-state index is 12.3. The third kappa shape index (κ3) is 4.72. The predicted molar refractivity (Wildman–Crippen MR) is 98.2 cm³/mol. The van der Waals surface area contributed by atoms with Crippen molar-refractivity contribution >= 4 is 27.7 Å². The predicted octanol–water partition coefficient (Wildman–Crippen LogP) is 3.40. The van der Waals surface area contributed by atoms with Crippen LogP contribution in [0.3, 0.4) is 0 Å². The first-order valence-corrected chi connectivity index (χ1v) is 9.27. The van der Waals surface area contributed by atoms with E-state index in [4.69, 9.17) is 4.42 Å². The van der Waals surface area contributed by atoms with E-state index in [0.717, 1.165) is 22.9 Å². The second kappa shape index (κ2) is 8.34. The summed E-state index contributed by atoms with van der Waals surface area (Å²) in [5.74, 6) is 0.0582. The second-order valence-electron chi connectivity index (χ2n) is 6.24. The maximum atomic E-state index is 12.3. The molecule has 2 amide bonds. The SMILES string of the molecule is O=C(CCc1ccccc1Br)NC1CCN(C(=O)c2ccoc2)CC1. The van der Waals surface area contributed by atoms with Crippen molar-refractivity contribution in [1.29, 1.82) is 0 Å². The fourth-order valence-electron chi connectivity index (χ4n) is 3.04. The maximum Gasteiger partial charge on any atom is 0.257 e. The Morgan fingerprint density at radius 2 is 1.96 bits per heavy atom. The molecule has 2 aromatic rings. The molecule has 1 N–H and O–H groups in total. The van der Waals surface area contributed by atoms with Crippen molar-refractivity contribution in [2.24, 2.45) is 0 Å². The van der Waals surface area contributed by atoms with Gasteiger partial charge in [-0.15, -0.1) is 0 Å². The molecule has 1 aliphatic heterocycles. The van der Waals surface area contributed by atoms with Crippen molar-refractivity contribution in [2.75, 3.05) is 13.1 Å². The molecule has 1 fully saturated rings. The van der Waals surface area contributed by atoms with Crippen LogP contribution < -0.4 is 5.32 Å². The monoisotopic (exact) mass is 404 g/mol. The molecule has 0 unspecified atom stereocenters. The van der Waals surface area contributed by atoms with Gasteiger partial charge in [0.1, 0.15) is 6.26 Å². The van der Waals surface area contributed by atoms with Crippen LogP contribution in [-0.2, 0) is 11.2 Å². The zero-order chi connectivity index (χ0) is 17.6. The molecule has 1 saturated heterocycles. The van der Waals surface area contributed by atoms with E-state index in [1.807, 2.05) is 29.2 Å². The summed E-state index contributed by atoms with van der Waals surface area (Å²) in [6.07, 6.45) is 5.72. The average Bonchev–Trinajstić information content (AvgIpc) is 3.16. The standard InChI is InChI=1S/C19H21BrN2O3/c20-17-4-2-1-3-14(17)5-6-18(23)21-16-7-10-22(11-8-16)19(24)15-9-12-25-13-15/h1-4,9,12-13,16H,5-8,10-11H2,(H,21,23). The van der Waals surface area contributed by atoms with Crippen LogP contribution in [0.4, 0.5) is 0 Å². The highest BCUT2D eigenvalue weighted by molar-refractivity contribution is 9.10. The lowest BCUT2D eigenvalue weighted by atomic mass is 10.0. The third-order valence-electron chi connectivity index (χ3n) is 4.49. The summed E-state index contributed by atoms with van der Waals surface area (Å²) in [7, 11) is 0. The number of likely N-dealkylation sites (tertiary alicyclic amines) is 1. The van der Waals surface area contributed by atoms with Gasteiger partial charge >= 0.3 is 0 Å². The van der Waals surface area contributed by atoms with Crippen LogP contribution in [-0.4, -0.2) is 35.8 Å². The topological polar surface area (TPSA) is 62.6 Å². The van der Waals surface area contributed by atoms with Gasteiger partial charge in [-0.25, -0.2) is 0 Å². The number of carbonyl (C=O) groups excluding carboxylic acids is 2. The summed E-state index contributed by atoms with van der Waals surface area (Å²) in [5, 5.41) is 3.09. The zero-order valence-corrected chi connectivity index (χ0v) is 15.5. The number of aryl methyl sites for hydroxylation is 1. The molecule has 0 radical (unpaired) electrons. The summed E-state index contributed by atoms with van der Waals surface area (Å²) >= 11 is 3.51. The quantitative estimate of drug-likeness (QED) is 0.830. The molecule has 0 atom stereocenters. The molecule has 25 heavy (non-hydrogen) atoms. The molecule has 0 saturated carbocycles. The number of hydrogen-bond donors (Lipinski definition) is 1. The van der Waals surface area contributed by atoms with E-state index in [0.29, 0.717) is 31.5 Å². The van der Waals surface area contributed by atoms with Gasteiger partial charge in [0.05, 0.1) is 11.8 Å². The first-order chi connectivity index (χ1) is 12.1. The number of piperidine rings is 1. The van der Waals surface area contributed by atoms with E-state index in [2.05, 4.69) is 21.2 Å². The van der Waals surface area contributed by atoms with Crippen molar-refractivity contribution in [3.63, 3.8) is 0 Å². The van der Waals surface area contributed by atoms with E-state index in [9.17, 15) is 9.59 Å². The molecule has 1 aliphatic rings. The molecule has 0 bridgehead atoms. The van der Waals surface area contributed by atoms with Crippen molar-refractivity contribution in [3.05, 3.63) is 58.5 Å². The Bertz CT molecular complexity index is 722. The Morgan fingerprint density at radius 1 is 1.20 bits per heavy atom. The van der Waals surface area contributed by atoms with E-state index in [1.165, 1.54) is 12.5 Å². The van der Waals surface area contributed by atoms with Gasteiger partial charge in [-0.1, -0.05) is 34.1 Å². The molecule has 6 heteroatoms. The zero-order valence-electron chi connectivity index (χ0n) is 13.9. The Morgan fingerprint density at radius 3 is 2.64 bits per heavy atom. The van der Waals surface area contributed by atoms with Crippen LogP contribution in [0.2, 0.25) is 0 Å². The van der Waals surface area contributed by atoms with Gasteiger partial charge in [0.15, 0.2) is 0 Å². The minimum absolute atomic E-state index is 0.00699. The molecule has 1 aromatic heterocycles. The number of furan rings is 1. The Balaban J connectivity index is 1.42. The van der Waals surface area contributed by atoms with Crippen molar-refractivity contribution in [2.45, 2.75) is 31.7 Å². The van der Waals surface area contributed by atoms with Crippen LogP contribution in [0.5, 0.6) is 0 Å². The minimum Gasteiger partial charge on any atom is -0.472 e. The molecule has 0 aliphatic carbocycles. The number of nitrogens with one attached hydrogen (secondary N) is 1. The van der Waals surface area contributed by atoms with Crippen LogP contribution in [0.1, 0.15) is 35.2 Å². The molecule has 2 heterocycles. The van der Waals surface area contributed by atoms with Gasteiger partial charge in [-0.2, -0.15) is 0 Å². The minimum atomic E-state index is -0.00699. The van der Waals surface area contributed by atoms with Gasteiger partial charge < -0.3 is 14.6 Å². The van der Waals surface area contributed by atoms with Gasteiger partial charge in [0.25, 0.3) is 5.91 Å². The fourth-order valence-corrected chi connectivity index (χ4v) is 3.53.